The summed E-state index contributed by atoms with van der Waals surface area (Å²) < 4.78 is 0. The number of amides is 1. The number of rotatable bonds is 5. The van der Waals surface area contributed by atoms with E-state index in [-0.39, 0.29) is 11.8 Å². The van der Waals surface area contributed by atoms with Crippen LogP contribution in [0, 0.1) is 5.92 Å². The van der Waals surface area contributed by atoms with Gasteiger partial charge in [-0.15, -0.1) is 0 Å². The lowest BCUT2D eigenvalue weighted by Gasteiger charge is -2.24. The molecule has 0 aliphatic carbocycles. The Labute approximate surface area is 96.5 Å². The van der Waals surface area contributed by atoms with Crippen LogP contribution in [-0.2, 0) is 4.79 Å². The second kappa shape index (κ2) is 6.23. The molecule has 1 aromatic heterocycles. The number of anilines is 1. The van der Waals surface area contributed by atoms with Gasteiger partial charge in [0.2, 0.25) is 5.91 Å². The molecule has 0 bridgehead atoms. The molecule has 1 rings (SSSR count). The molecular formula is C12H19N3O. The number of hydrogen-bond acceptors (Lipinski definition) is 3. The molecule has 0 radical (unpaired) electrons. The predicted molar refractivity (Wildman–Crippen MR) is 65.1 cm³/mol. The molecule has 1 aromatic rings. The van der Waals surface area contributed by atoms with Gasteiger partial charge in [0.25, 0.3) is 0 Å². The minimum absolute atomic E-state index is 0.0295. The zero-order valence-electron chi connectivity index (χ0n) is 9.89. The molecule has 1 heterocycles. The largest absolute Gasteiger partial charge is 0.330 e. The Hall–Kier alpha value is -1.42. The van der Waals surface area contributed by atoms with Crippen LogP contribution in [-0.4, -0.2) is 24.0 Å². The fourth-order valence-electron chi connectivity index (χ4n) is 1.63. The number of nitrogens with zero attached hydrogens (tertiary/aromatic N) is 2. The van der Waals surface area contributed by atoms with Crippen molar-refractivity contribution in [1.82, 2.24) is 4.98 Å². The highest BCUT2D eigenvalue weighted by molar-refractivity contribution is 5.94. The summed E-state index contributed by atoms with van der Waals surface area (Å²) in [4.78, 5) is 17.8. The van der Waals surface area contributed by atoms with Crippen molar-refractivity contribution < 1.29 is 4.79 Å². The zero-order valence-corrected chi connectivity index (χ0v) is 9.89. The van der Waals surface area contributed by atoms with E-state index in [1.807, 2.05) is 26.0 Å². The topological polar surface area (TPSA) is 59.2 Å². The molecule has 0 saturated heterocycles. The van der Waals surface area contributed by atoms with Gasteiger partial charge in [0.05, 0.1) is 0 Å². The first-order valence-corrected chi connectivity index (χ1v) is 5.62. The Morgan fingerprint density at radius 2 is 2.12 bits per heavy atom. The Bertz CT molecular complexity index is 326. The van der Waals surface area contributed by atoms with Gasteiger partial charge in [-0.05, 0) is 32.0 Å². The number of carbonyl (C=O) groups excluding carboxylic acids is 1. The van der Waals surface area contributed by atoms with E-state index in [1.54, 1.807) is 17.3 Å². The minimum atomic E-state index is -0.0295. The van der Waals surface area contributed by atoms with Crippen LogP contribution in [0.25, 0.3) is 0 Å². The van der Waals surface area contributed by atoms with Gasteiger partial charge in [-0.3, -0.25) is 9.78 Å². The highest BCUT2D eigenvalue weighted by Gasteiger charge is 2.19. The molecule has 4 nitrogen and oxygen atoms in total. The van der Waals surface area contributed by atoms with Crippen molar-refractivity contribution in [2.24, 2.45) is 11.7 Å². The number of nitrogens with two attached hydrogens (primary N) is 1. The zero-order chi connectivity index (χ0) is 12.0. The lowest BCUT2D eigenvalue weighted by atomic mass is 10.1. The maximum absolute atomic E-state index is 12.1. The van der Waals surface area contributed by atoms with E-state index in [4.69, 9.17) is 5.73 Å². The molecule has 0 aromatic carbocycles. The van der Waals surface area contributed by atoms with Gasteiger partial charge in [0.15, 0.2) is 0 Å². The molecule has 1 amide bonds. The molecule has 0 aliphatic heterocycles. The third-order valence-corrected chi connectivity index (χ3v) is 2.58. The highest BCUT2D eigenvalue weighted by Crippen LogP contribution is 2.16. The van der Waals surface area contributed by atoms with E-state index in [0.717, 1.165) is 12.1 Å². The van der Waals surface area contributed by atoms with Crippen LogP contribution in [0.1, 0.15) is 20.3 Å². The first-order chi connectivity index (χ1) is 7.70. The van der Waals surface area contributed by atoms with E-state index >= 15 is 0 Å². The Morgan fingerprint density at radius 1 is 1.50 bits per heavy atom. The monoisotopic (exact) mass is 221 g/mol. The smallest absolute Gasteiger partial charge is 0.229 e. The molecule has 0 saturated carbocycles. The molecule has 4 heteroatoms. The lowest BCUT2D eigenvalue weighted by molar-refractivity contribution is -0.122. The molecular weight excluding hydrogens is 202 g/mol. The van der Waals surface area contributed by atoms with Crippen molar-refractivity contribution in [2.45, 2.75) is 20.3 Å². The summed E-state index contributed by atoms with van der Waals surface area (Å²) in [5, 5.41) is 0. The van der Waals surface area contributed by atoms with Gasteiger partial charge in [-0.1, -0.05) is 6.92 Å². The Balaban J connectivity index is 2.79. The van der Waals surface area contributed by atoms with E-state index in [0.29, 0.717) is 13.1 Å². The average Bonchev–Trinajstić information content (AvgIpc) is 2.31. The van der Waals surface area contributed by atoms with Crippen LogP contribution in [0.3, 0.4) is 0 Å². The van der Waals surface area contributed by atoms with Crippen LogP contribution in [0.2, 0.25) is 0 Å². The molecule has 88 valence electrons. The summed E-state index contributed by atoms with van der Waals surface area (Å²) in [6, 6.07) is 3.69. The molecule has 16 heavy (non-hydrogen) atoms. The maximum atomic E-state index is 12.1. The molecule has 1 unspecified atom stereocenters. The van der Waals surface area contributed by atoms with Crippen LogP contribution in [0.4, 0.5) is 5.69 Å². The molecule has 0 fully saturated rings. The first-order valence-electron chi connectivity index (χ1n) is 5.62. The van der Waals surface area contributed by atoms with Crippen LogP contribution < -0.4 is 10.6 Å². The third kappa shape index (κ3) is 3.03. The number of hydrogen-bond donors (Lipinski definition) is 1. The summed E-state index contributed by atoms with van der Waals surface area (Å²) in [7, 11) is 0. The van der Waals surface area contributed by atoms with Crippen molar-refractivity contribution >= 4 is 11.6 Å². The molecule has 1 atom stereocenters. The second-order valence-corrected chi connectivity index (χ2v) is 3.77. The molecule has 2 N–H and O–H groups in total. The fraction of sp³-hybridized carbons (Fsp3) is 0.500. The third-order valence-electron chi connectivity index (χ3n) is 2.58. The van der Waals surface area contributed by atoms with Crippen molar-refractivity contribution in [1.29, 1.82) is 0 Å². The van der Waals surface area contributed by atoms with E-state index in [2.05, 4.69) is 4.98 Å². The molecule has 0 spiro atoms. The quantitative estimate of drug-likeness (QED) is 0.818. The van der Waals surface area contributed by atoms with Crippen LogP contribution in [0.15, 0.2) is 24.5 Å². The van der Waals surface area contributed by atoms with Gasteiger partial charge in [0.1, 0.15) is 0 Å². The minimum Gasteiger partial charge on any atom is -0.330 e. The summed E-state index contributed by atoms with van der Waals surface area (Å²) in [6.07, 6.45) is 4.11. The Morgan fingerprint density at radius 3 is 2.62 bits per heavy atom. The summed E-state index contributed by atoms with van der Waals surface area (Å²) in [6.45, 7) is 5.09. The lowest BCUT2D eigenvalue weighted by Crippen LogP contribution is -2.35. The van der Waals surface area contributed by atoms with Crippen molar-refractivity contribution in [2.75, 3.05) is 18.0 Å². The number of carbonyl (C=O) groups is 1. The van der Waals surface area contributed by atoms with Crippen molar-refractivity contribution in [3.05, 3.63) is 24.5 Å². The standard InChI is InChI=1S/C12H19N3O/c1-3-15(11-5-8-14-9-6-11)12(16)10(2)4-7-13/h5-6,8-10H,3-4,7,13H2,1-2H3. The molecule has 0 aliphatic rings. The fourth-order valence-corrected chi connectivity index (χ4v) is 1.63. The van der Waals surface area contributed by atoms with Crippen LogP contribution >= 0.6 is 0 Å². The Kier molecular flexibility index (Phi) is 4.92. The van der Waals surface area contributed by atoms with E-state index in [1.165, 1.54) is 0 Å². The summed E-state index contributed by atoms with van der Waals surface area (Å²) in [5.41, 5.74) is 6.36. The first kappa shape index (κ1) is 12.6. The normalized spacial score (nSPS) is 12.2. The van der Waals surface area contributed by atoms with E-state index in [9.17, 15) is 4.79 Å². The highest BCUT2D eigenvalue weighted by atomic mass is 16.2. The van der Waals surface area contributed by atoms with Gasteiger partial charge in [0, 0.05) is 30.5 Å². The SMILES string of the molecule is CCN(C(=O)C(C)CCN)c1ccncc1. The van der Waals surface area contributed by atoms with Crippen molar-refractivity contribution in [3.63, 3.8) is 0 Å². The average molecular weight is 221 g/mol. The summed E-state index contributed by atoms with van der Waals surface area (Å²) >= 11 is 0. The van der Waals surface area contributed by atoms with Crippen molar-refractivity contribution in [3.8, 4) is 0 Å². The predicted octanol–water partition coefficient (Wildman–Crippen LogP) is 1.42. The van der Waals surface area contributed by atoms with Gasteiger partial charge >= 0.3 is 0 Å². The maximum Gasteiger partial charge on any atom is 0.229 e. The van der Waals surface area contributed by atoms with Crippen LogP contribution in [0.5, 0.6) is 0 Å². The van der Waals surface area contributed by atoms with E-state index < -0.39 is 0 Å². The van der Waals surface area contributed by atoms with Gasteiger partial charge in [-0.25, -0.2) is 0 Å². The summed E-state index contributed by atoms with van der Waals surface area (Å²) in [5.74, 6) is 0.0947. The number of aromatic nitrogens is 1. The van der Waals surface area contributed by atoms with Gasteiger partial charge < -0.3 is 10.6 Å². The number of pyridine rings is 1. The second-order valence-electron chi connectivity index (χ2n) is 3.77. The van der Waals surface area contributed by atoms with Gasteiger partial charge in [-0.2, -0.15) is 0 Å².